The third-order valence-electron chi connectivity index (χ3n) is 2.66. The number of nitrogen functional groups attached to an aromatic ring is 2. The van der Waals surface area contributed by atoms with Crippen molar-refractivity contribution in [3.63, 3.8) is 0 Å². The Morgan fingerprint density at radius 2 is 1.94 bits per heavy atom. The number of amides is 1. The molecule has 4 heteroatoms. The van der Waals surface area contributed by atoms with E-state index in [9.17, 15) is 4.79 Å². The Kier molecular flexibility index (Phi) is 5.33. The molecule has 1 rings (SSSR count). The Morgan fingerprint density at radius 3 is 2.59 bits per heavy atom. The standard InChI is InChI=1S/C13H21N3O/c1-2-3-4-5-8-16-13(17)10-6-7-11(14)12(15)9-10/h6-7,9H,2-5,8,14-15H2,1H3,(H,16,17). The second-order valence-corrected chi connectivity index (χ2v) is 4.16. The van der Waals surface area contributed by atoms with Gasteiger partial charge in [-0.25, -0.2) is 0 Å². The number of hydrogen-bond acceptors (Lipinski definition) is 3. The topological polar surface area (TPSA) is 81.1 Å². The van der Waals surface area contributed by atoms with Gasteiger partial charge in [0.15, 0.2) is 0 Å². The monoisotopic (exact) mass is 235 g/mol. The molecule has 0 fully saturated rings. The molecule has 5 N–H and O–H groups in total. The van der Waals surface area contributed by atoms with Crippen molar-refractivity contribution in [3.8, 4) is 0 Å². The van der Waals surface area contributed by atoms with E-state index in [2.05, 4.69) is 12.2 Å². The van der Waals surface area contributed by atoms with Gasteiger partial charge in [0, 0.05) is 12.1 Å². The largest absolute Gasteiger partial charge is 0.397 e. The smallest absolute Gasteiger partial charge is 0.251 e. The maximum Gasteiger partial charge on any atom is 0.251 e. The highest BCUT2D eigenvalue weighted by Gasteiger charge is 2.06. The Labute approximate surface area is 102 Å². The summed E-state index contributed by atoms with van der Waals surface area (Å²) < 4.78 is 0. The number of nitrogens with one attached hydrogen (secondary N) is 1. The van der Waals surface area contributed by atoms with E-state index in [0.29, 0.717) is 23.5 Å². The van der Waals surface area contributed by atoms with Gasteiger partial charge in [0.2, 0.25) is 0 Å². The number of carbonyl (C=O) groups is 1. The predicted octanol–water partition coefficient (Wildman–Crippen LogP) is 2.16. The van der Waals surface area contributed by atoms with Crippen molar-refractivity contribution >= 4 is 17.3 Å². The summed E-state index contributed by atoms with van der Waals surface area (Å²) in [5.41, 5.74) is 12.7. The van der Waals surface area contributed by atoms with Gasteiger partial charge in [-0.15, -0.1) is 0 Å². The SMILES string of the molecule is CCCCCCNC(=O)c1ccc(N)c(N)c1. The highest BCUT2D eigenvalue weighted by atomic mass is 16.1. The maximum atomic E-state index is 11.7. The van der Waals surface area contributed by atoms with Crippen LogP contribution >= 0.6 is 0 Å². The van der Waals surface area contributed by atoms with Crippen molar-refractivity contribution in [1.29, 1.82) is 0 Å². The van der Waals surface area contributed by atoms with Crippen molar-refractivity contribution in [2.24, 2.45) is 0 Å². The number of nitrogens with two attached hydrogens (primary N) is 2. The fourth-order valence-electron chi connectivity index (χ4n) is 1.57. The molecule has 0 aliphatic carbocycles. The Balaban J connectivity index is 2.39. The quantitative estimate of drug-likeness (QED) is 0.522. The molecule has 0 heterocycles. The first-order valence-corrected chi connectivity index (χ1v) is 6.08. The lowest BCUT2D eigenvalue weighted by atomic mass is 10.1. The Hall–Kier alpha value is -1.71. The zero-order valence-electron chi connectivity index (χ0n) is 10.3. The minimum absolute atomic E-state index is 0.0896. The molecule has 1 aromatic carbocycles. The molecule has 0 saturated heterocycles. The molecular formula is C13H21N3O. The van der Waals surface area contributed by atoms with Gasteiger partial charge in [0.1, 0.15) is 0 Å². The van der Waals surface area contributed by atoms with E-state index in [1.807, 2.05) is 0 Å². The molecule has 0 atom stereocenters. The van der Waals surface area contributed by atoms with E-state index in [-0.39, 0.29) is 5.91 Å². The number of rotatable bonds is 6. The van der Waals surface area contributed by atoms with E-state index in [1.54, 1.807) is 18.2 Å². The van der Waals surface area contributed by atoms with Gasteiger partial charge < -0.3 is 16.8 Å². The first-order valence-electron chi connectivity index (χ1n) is 6.08. The lowest BCUT2D eigenvalue weighted by Crippen LogP contribution is -2.24. The summed E-state index contributed by atoms with van der Waals surface area (Å²) in [4.78, 5) is 11.7. The highest BCUT2D eigenvalue weighted by Crippen LogP contribution is 2.15. The molecule has 17 heavy (non-hydrogen) atoms. The lowest BCUT2D eigenvalue weighted by molar-refractivity contribution is 0.0953. The summed E-state index contributed by atoms with van der Waals surface area (Å²) >= 11 is 0. The van der Waals surface area contributed by atoms with Crippen molar-refractivity contribution in [1.82, 2.24) is 5.32 Å². The summed E-state index contributed by atoms with van der Waals surface area (Å²) in [6.45, 7) is 2.87. The number of hydrogen-bond donors (Lipinski definition) is 3. The minimum Gasteiger partial charge on any atom is -0.397 e. The second-order valence-electron chi connectivity index (χ2n) is 4.16. The van der Waals surface area contributed by atoms with Crippen LogP contribution in [0.4, 0.5) is 11.4 Å². The fourth-order valence-corrected chi connectivity index (χ4v) is 1.57. The summed E-state index contributed by atoms with van der Waals surface area (Å²) in [7, 11) is 0. The molecule has 94 valence electrons. The van der Waals surface area contributed by atoms with Gasteiger partial charge in [0.05, 0.1) is 11.4 Å². The summed E-state index contributed by atoms with van der Waals surface area (Å²) in [6.07, 6.45) is 4.58. The third kappa shape index (κ3) is 4.34. The maximum absolute atomic E-state index is 11.7. The summed E-state index contributed by atoms with van der Waals surface area (Å²) in [6, 6.07) is 4.95. The average Bonchev–Trinajstić information content (AvgIpc) is 2.32. The molecule has 0 unspecified atom stereocenters. The molecular weight excluding hydrogens is 214 g/mol. The first kappa shape index (κ1) is 13.4. The van der Waals surface area contributed by atoms with Gasteiger partial charge in [-0.05, 0) is 24.6 Å². The van der Waals surface area contributed by atoms with Crippen LogP contribution in [-0.4, -0.2) is 12.5 Å². The van der Waals surface area contributed by atoms with Crippen LogP contribution in [0.5, 0.6) is 0 Å². The summed E-state index contributed by atoms with van der Waals surface area (Å²) in [5, 5.41) is 2.87. The molecule has 1 amide bonds. The molecule has 0 aliphatic heterocycles. The predicted molar refractivity (Wildman–Crippen MR) is 71.7 cm³/mol. The first-order chi connectivity index (χ1) is 8.15. The van der Waals surface area contributed by atoms with Gasteiger partial charge in [-0.2, -0.15) is 0 Å². The van der Waals surface area contributed by atoms with Crippen LogP contribution in [0.3, 0.4) is 0 Å². The van der Waals surface area contributed by atoms with Crippen LogP contribution in [0.15, 0.2) is 18.2 Å². The highest BCUT2D eigenvalue weighted by molar-refractivity contribution is 5.95. The van der Waals surface area contributed by atoms with E-state index >= 15 is 0 Å². The molecule has 0 aromatic heterocycles. The fraction of sp³-hybridized carbons (Fsp3) is 0.462. The van der Waals surface area contributed by atoms with Crippen LogP contribution in [0, 0.1) is 0 Å². The molecule has 1 aromatic rings. The zero-order valence-corrected chi connectivity index (χ0v) is 10.3. The van der Waals surface area contributed by atoms with Gasteiger partial charge >= 0.3 is 0 Å². The van der Waals surface area contributed by atoms with E-state index in [4.69, 9.17) is 11.5 Å². The second kappa shape index (κ2) is 6.78. The van der Waals surface area contributed by atoms with Crippen LogP contribution in [0.25, 0.3) is 0 Å². The van der Waals surface area contributed by atoms with Gasteiger partial charge in [-0.3, -0.25) is 4.79 Å². The molecule has 4 nitrogen and oxygen atoms in total. The molecule has 0 bridgehead atoms. The van der Waals surface area contributed by atoms with Gasteiger partial charge in [-0.1, -0.05) is 26.2 Å². The van der Waals surface area contributed by atoms with Crippen LogP contribution in [0.2, 0.25) is 0 Å². The Bertz CT molecular complexity index is 377. The average molecular weight is 235 g/mol. The van der Waals surface area contributed by atoms with Crippen LogP contribution < -0.4 is 16.8 Å². The minimum atomic E-state index is -0.0896. The van der Waals surface area contributed by atoms with E-state index < -0.39 is 0 Å². The van der Waals surface area contributed by atoms with Crippen LogP contribution in [0.1, 0.15) is 43.0 Å². The number of benzene rings is 1. The number of carbonyl (C=O) groups excluding carboxylic acids is 1. The summed E-state index contributed by atoms with van der Waals surface area (Å²) in [5.74, 6) is -0.0896. The zero-order chi connectivity index (χ0) is 12.7. The van der Waals surface area contributed by atoms with Crippen molar-refractivity contribution in [3.05, 3.63) is 23.8 Å². The Morgan fingerprint density at radius 1 is 1.18 bits per heavy atom. The molecule has 0 saturated carbocycles. The molecule has 0 spiro atoms. The van der Waals surface area contributed by atoms with Crippen molar-refractivity contribution in [2.45, 2.75) is 32.6 Å². The van der Waals surface area contributed by atoms with E-state index in [1.165, 1.54) is 12.8 Å². The van der Waals surface area contributed by atoms with Crippen molar-refractivity contribution < 1.29 is 4.79 Å². The number of unbranched alkanes of at least 4 members (excludes halogenated alkanes) is 3. The normalized spacial score (nSPS) is 10.2. The number of anilines is 2. The van der Waals surface area contributed by atoms with Crippen molar-refractivity contribution in [2.75, 3.05) is 18.0 Å². The van der Waals surface area contributed by atoms with E-state index in [0.717, 1.165) is 12.8 Å². The molecule has 0 radical (unpaired) electrons. The van der Waals surface area contributed by atoms with Crippen LogP contribution in [-0.2, 0) is 0 Å². The lowest BCUT2D eigenvalue weighted by Gasteiger charge is -2.06. The molecule has 0 aliphatic rings. The third-order valence-corrected chi connectivity index (χ3v) is 2.66. The van der Waals surface area contributed by atoms with Gasteiger partial charge in [0.25, 0.3) is 5.91 Å².